The number of hydrogen-bond acceptors (Lipinski definition) is 2. The van der Waals surface area contributed by atoms with Crippen LogP contribution in [-0.2, 0) is 0 Å². The van der Waals surface area contributed by atoms with Crippen LogP contribution in [0.1, 0.15) is 24.3 Å². The fourth-order valence-electron chi connectivity index (χ4n) is 2.23. The molecule has 1 saturated heterocycles. The molecule has 1 fully saturated rings. The molecular weight excluding hydrogens is 273 g/mol. The van der Waals surface area contributed by atoms with E-state index in [2.05, 4.69) is 21.2 Å². The second-order valence-corrected chi connectivity index (χ2v) is 4.87. The summed E-state index contributed by atoms with van der Waals surface area (Å²) >= 11 is 3.40. The summed E-state index contributed by atoms with van der Waals surface area (Å²) in [6, 6.07) is 3.18. The highest BCUT2D eigenvalue weighted by Gasteiger charge is 2.23. The summed E-state index contributed by atoms with van der Waals surface area (Å²) in [7, 11) is 1.58. The van der Waals surface area contributed by atoms with Gasteiger partial charge < -0.3 is 10.1 Å². The molecule has 1 unspecified atom stereocenters. The summed E-state index contributed by atoms with van der Waals surface area (Å²) in [6.07, 6.45) is 2.09. The summed E-state index contributed by atoms with van der Waals surface area (Å²) in [5.41, 5.74) is 0.698. The summed E-state index contributed by atoms with van der Waals surface area (Å²) in [5.74, 6) is 0.670. The number of rotatable bonds is 2. The van der Waals surface area contributed by atoms with Gasteiger partial charge in [-0.05, 0) is 47.4 Å². The van der Waals surface area contributed by atoms with Crippen molar-refractivity contribution in [2.75, 3.05) is 20.2 Å². The summed E-state index contributed by atoms with van der Waals surface area (Å²) in [5, 5.41) is 3.29. The van der Waals surface area contributed by atoms with E-state index >= 15 is 0 Å². The number of halogens is 2. The molecular formula is C12H15BrFNO. The Morgan fingerprint density at radius 3 is 2.94 bits per heavy atom. The van der Waals surface area contributed by atoms with Crippen LogP contribution in [0, 0.1) is 5.82 Å². The molecule has 1 aliphatic heterocycles. The summed E-state index contributed by atoms with van der Waals surface area (Å²) in [6.45, 7) is 1.85. The Hall–Kier alpha value is -0.610. The number of hydrogen-bond donors (Lipinski definition) is 1. The Labute approximate surface area is 103 Å². The lowest BCUT2D eigenvalue weighted by Gasteiger charge is -2.25. The Morgan fingerprint density at radius 1 is 1.50 bits per heavy atom. The standard InChI is InChI=1S/C12H15BrFNO/c1-16-12-9(13)4-5-10(14)11(12)8-3-2-6-15-7-8/h4-5,8,15H,2-3,6-7H2,1H3. The van der Waals surface area contributed by atoms with Crippen LogP contribution in [0.25, 0.3) is 0 Å². The van der Waals surface area contributed by atoms with E-state index < -0.39 is 0 Å². The quantitative estimate of drug-likeness (QED) is 0.903. The van der Waals surface area contributed by atoms with Gasteiger partial charge in [0, 0.05) is 18.0 Å². The monoisotopic (exact) mass is 287 g/mol. The van der Waals surface area contributed by atoms with Gasteiger partial charge in [-0.1, -0.05) is 0 Å². The number of nitrogens with one attached hydrogen (secondary N) is 1. The Bertz CT molecular complexity index is 378. The third-order valence-electron chi connectivity index (χ3n) is 3.00. The lowest BCUT2D eigenvalue weighted by Crippen LogP contribution is -2.29. The fourth-order valence-corrected chi connectivity index (χ4v) is 2.74. The minimum Gasteiger partial charge on any atom is -0.495 e. The van der Waals surface area contributed by atoms with Gasteiger partial charge in [-0.15, -0.1) is 0 Å². The first-order chi connectivity index (χ1) is 7.74. The maximum absolute atomic E-state index is 13.9. The largest absolute Gasteiger partial charge is 0.495 e. The highest BCUT2D eigenvalue weighted by molar-refractivity contribution is 9.10. The molecule has 0 aliphatic carbocycles. The van der Waals surface area contributed by atoms with Crippen LogP contribution in [0.2, 0.25) is 0 Å². The number of ether oxygens (including phenoxy) is 1. The molecule has 2 nitrogen and oxygen atoms in total. The Kier molecular flexibility index (Phi) is 3.82. The van der Waals surface area contributed by atoms with E-state index in [9.17, 15) is 4.39 Å². The molecule has 16 heavy (non-hydrogen) atoms. The molecule has 0 saturated carbocycles. The Morgan fingerprint density at radius 2 is 2.31 bits per heavy atom. The molecule has 0 aromatic heterocycles. The van der Waals surface area contributed by atoms with Gasteiger partial charge in [0.1, 0.15) is 11.6 Å². The van der Waals surface area contributed by atoms with Crippen molar-refractivity contribution in [3.05, 3.63) is 28.0 Å². The third kappa shape index (κ3) is 2.23. The Balaban J connectivity index is 2.40. The molecule has 1 aliphatic rings. The van der Waals surface area contributed by atoms with Crippen LogP contribution in [-0.4, -0.2) is 20.2 Å². The van der Waals surface area contributed by atoms with Gasteiger partial charge >= 0.3 is 0 Å². The van der Waals surface area contributed by atoms with Crippen LogP contribution < -0.4 is 10.1 Å². The average molecular weight is 288 g/mol. The van der Waals surface area contributed by atoms with E-state index in [-0.39, 0.29) is 11.7 Å². The molecule has 0 spiro atoms. The molecule has 1 atom stereocenters. The van der Waals surface area contributed by atoms with E-state index in [1.807, 2.05) is 0 Å². The van der Waals surface area contributed by atoms with Crippen molar-refractivity contribution in [3.63, 3.8) is 0 Å². The molecule has 0 bridgehead atoms. The normalized spacial score (nSPS) is 20.8. The lowest BCUT2D eigenvalue weighted by atomic mass is 9.90. The minimum atomic E-state index is -0.172. The molecule has 2 rings (SSSR count). The van der Waals surface area contributed by atoms with Crippen molar-refractivity contribution in [1.82, 2.24) is 5.32 Å². The number of benzene rings is 1. The smallest absolute Gasteiger partial charge is 0.139 e. The minimum absolute atomic E-state index is 0.172. The van der Waals surface area contributed by atoms with Crippen LogP contribution in [0.5, 0.6) is 5.75 Å². The lowest BCUT2D eigenvalue weighted by molar-refractivity contribution is 0.380. The second kappa shape index (κ2) is 5.15. The molecule has 4 heteroatoms. The van der Waals surface area contributed by atoms with Gasteiger partial charge in [0.25, 0.3) is 0 Å². The topological polar surface area (TPSA) is 21.3 Å². The third-order valence-corrected chi connectivity index (χ3v) is 3.63. The van der Waals surface area contributed by atoms with Crippen molar-refractivity contribution in [2.45, 2.75) is 18.8 Å². The van der Waals surface area contributed by atoms with E-state index in [1.54, 1.807) is 13.2 Å². The van der Waals surface area contributed by atoms with Gasteiger partial charge in [-0.25, -0.2) is 4.39 Å². The highest BCUT2D eigenvalue weighted by atomic mass is 79.9. The molecule has 0 radical (unpaired) electrons. The number of methoxy groups -OCH3 is 1. The average Bonchev–Trinajstić information content (AvgIpc) is 2.33. The maximum atomic E-state index is 13.9. The molecule has 0 amide bonds. The predicted molar refractivity (Wildman–Crippen MR) is 65.5 cm³/mol. The van der Waals surface area contributed by atoms with Crippen LogP contribution in [0.15, 0.2) is 16.6 Å². The van der Waals surface area contributed by atoms with E-state index in [4.69, 9.17) is 4.74 Å². The van der Waals surface area contributed by atoms with Crippen LogP contribution >= 0.6 is 15.9 Å². The molecule has 1 N–H and O–H groups in total. The zero-order chi connectivity index (χ0) is 11.5. The predicted octanol–water partition coefficient (Wildman–Crippen LogP) is 3.06. The number of piperidine rings is 1. The van der Waals surface area contributed by atoms with Crippen LogP contribution in [0.3, 0.4) is 0 Å². The fraction of sp³-hybridized carbons (Fsp3) is 0.500. The first-order valence-corrected chi connectivity index (χ1v) is 6.26. The zero-order valence-electron chi connectivity index (χ0n) is 9.22. The second-order valence-electron chi connectivity index (χ2n) is 4.02. The van der Waals surface area contributed by atoms with Crippen LogP contribution in [0.4, 0.5) is 4.39 Å². The van der Waals surface area contributed by atoms with Crippen molar-refractivity contribution in [3.8, 4) is 5.75 Å². The van der Waals surface area contributed by atoms with Crippen molar-refractivity contribution >= 4 is 15.9 Å². The van der Waals surface area contributed by atoms with Gasteiger partial charge in [-0.3, -0.25) is 0 Å². The summed E-state index contributed by atoms with van der Waals surface area (Å²) < 4.78 is 20.0. The molecule has 1 aromatic rings. The molecule has 1 heterocycles. The SMILES string of the molecule is COc1c(Br)ccc(F)c1C1CCCNC1. The zero-order valence-corrected chi connectivity index (χ0v) is 10.8. The molecule has 1 aromatic carbocycles. The highest BCUT2D eigenvalue weighted by Crippen LogP contribution is 2.38. The molecule has 88 valence electrons. The van der Waals surface area contributed by atoms with Gasteiger partial charge in [-0.2, -0.15) is 0 Å². The summed E-state index contributed by atoms with van der Waals surface area (Å²) in [4.78, 5) is 0. The van der Waals surface area contributed by atoms with E-state index in [1.165, 1.54) is 6.07 Å². The van der Waals surface area contributed by atoms with E-state index in [0.717, 1.165) is 30.4 Å². The van der Waals surface area contributed by atoms with Crippen molar-refractivity contribution in [2.24, 2.45) is 0 Å². The maximum Gasteiger partial charge on any atom is 0.139 e. The first kappa shape index (κ1) is 11.9. The van der Waals surface area contributed by atoms with Gasteiger partial charge in [0.05, 0.1) is 11.6 Å². The van der Waals surface area contributed by atoms with Crippen molar-refractivity contribution < 1.29 is 9.13 Å². The van der Waals surface area contributed by atoms with E-state index in [0.29, 0.717) is 11.3 Å². The van der Waals surface area contributed by atoms with Crippen molar-refractivity contribution in [1.29, 1.82) is 0 Å². The first-order valence-electron chi connectivity index (χ1n) is 5.46. The van der Waals surface area contributed by atoms with Gasteiger partial charge in [0.15, 0.2) is 0 Å². The van der Waals surface area contributed by atoms with Gasteiger partial charge in [0.2, 0.25) is 0 Å².